The van der Waals surface area contributed by atoms with Crippen LogP contribution in [-0.2, 0) is 18.4 Å². The molecule has 1 fully saturated rings. The zero-order valence-electron chi connectivity index (χ0n) is 17.8. The third-order valence-corrected chi connectivity index (χ3v) is 4.99. The number of aryl methyl sites for hydroxylation is 2. The summed E-state index contributed by atoms with van der Waals surface area (Å²) in [5.74, 6) is 1.59. The Morgan fingerprint density at radius 3 is 2.72 bits per heavy atom. The Hall–Kier alpha value is -3.10. The number of methoxy groups -OCH3 is 1. The molecule has 9 nitrogen and oxygen atoms in total. The lowest BCUT2D eigenvalue weighted by Gasteiger charge is -2.35. The molecule has 2 aromatic rings. The molecule has 1 saturated heterocycles. The minimum atomic E-state index is 0.0289. The predicted octanol–water partition coefficient (Wildman–Crippen LogP) is 1.25. The van der Waals surface area contributed by atoms with Gasteiger partial charge in [0, 0.05) is 50.2 Å². The summed E-state index contributed by atoms with van der Waals surface area (Å²) in [7, 11) is 3.51. The fourth-order valence-corrected chi connectivity index (χ4v) is 3.48. The second kappa shape index (κ2) is 8.93. The minimum absolute atomic E-state index is 0.0289. The van der Waals surface area contributed by atoms with E-state index in [0.717, 1.165) is 34.8 Å². The van der Waals surface area contributed by atoms with Crippen LogP contribution in [0, 0.1) is 13.8 Å². The number of aromatic nitrogens is 3. The van der Waals surface area contributed by atoms with E-state index in [1.165, 1.54) is 0 Å². The molecule has 0 spiro atoms. The van der Waals surface area contributed by atoms with E-state index in [1.807, 2.05) is 38.9 Å². The summed E-state index contributed by atoms with van der Waals surface area (Å²) in [6.45, 7) is 8.67. The molecule has 2 aromatic heterocycles. The normalized spacial score (nSPS) is 15.1. The first kappa shape index (κ1) is 20.6. The average Bonchev–Trinajstić information content (AvgIpc) is 3.12. The highest BCUT2D eigenvalue weighted by Crippen LogP contribution is 2.24. The van der Waals surface area contributed by atoms with E-state index in [2.05, 4.69) is 15.4 Å². The number of aliphatic imine (C=N–C) groups is 1. The van der Waals surface area contributed by atoms with Crippen LogP contribution < -0.4 is 15.0 Å². The second-order valence-corrected chi connectivity index (χ2v) is 7.06. The van der Waals surface area contributed by atoms with E-state index in [1.54, 1.807) is 29.1 Å². The SMILES string of the molecule is CCNC(=NCc1ncc(C)c(OC)c1C)N1CCN(c2cnn(C)c2)C(=O)C1. The molecule has 0 aromatic carbocycles. The van der Waals surface area contributed by atoms with Crippen molar-refractivity contribution in [3.05, 3.63) is 35.4 Å². The topological polar surface area (TPSA) is 87.9 Å². The molecule has 156 valence electrons. The third kappa shape index (κ3) is 4.49. The first-order valence-corrected chi connectivity index (χ1v) is 9.76. The zero-order chi connectivity index (χ0) is 21.0. The van der Waals surface area contributed by atoms with Crippen molar-refractivity contribution in [1.82, 2.24) is 25.0 Å². The number of guanidine groups is 1. The first-order valence-electron chi connectivity index (χ1n) is 9.76. The van der Waals surface area contributed by atoms with Gasteiger partial charge in [-0.05, 0) is 20.8 Å². The fourth-order valence-electron chi connectivity index (χ4n) is 3.48. The van der Waals surface area contributed by atoms with Crippen LogP contribution in [0.25, 0.3) is 0 Å². The van der Waals surface area contributed by atoms with Crippen LogP contribution >= 0.6 is 0 Å². The number of hydrogen-bond donors (Lipinski definition) is 1. The number of nitrogens with one attached hydrogen (secondary N) is 1. The van der Waals surface area contributed by atoms with E-state index in [-0.39, 0.29) is 12.5 Å². The maximum absolute atomic E-state index is 12.7. The number of ether oxygens (including phenoxy) is 1. The highest BCUT2D eigenvalue weighted by molar-refractivity contribution is 5.98. The Bertz CT molecular complexity index is 906. The van der Waals surface area contributed by atoms with Gasteiger partial charge >= 0.3 is 0 Å². The molecule has 3 heterocycles. The first-order chi connectivity index (χ1) is 13.9. The van der Waals surface area contributed by atoms with Gasteiger partial charge in [0.1, 0.15) is 12.3 Å². The van der Waals surface area contributed by atoms with Gasteiger partial charge in [0.05, 0.1) is 31.2 Å². The van der Waals surface area contributed by atoms with Crippen LogP contribution in [0.15, 0.2) is 23.6 Å². The standard InChI is InChI=1S/C20H29N7O2/c1-6-21-20(23-11-17-15(3)19(29-5)14(2)9-22-17)26-7-8-27(18(28)13-26)16-10-24-25(4)12-16/h9-10,12H,6-8,11,13H2,1-5H3,(H,21,23). The Balaban J connectivity index is 1.74. The molecule has 3 rings (SSSR count). The summed E-state index contributed by atoms with van der Waals surface area (Å²) in [4.78, 5) is 25.7. The molecule has 0 saturated carbocycles. The molecule has 9 heteroatoms. The van der Waals surface area contributed by atoms with Gasteiger partial charge in [0.15, 0.2) is 5.96 Å². The molecule has 1 amide bonds. The Kier molecular flexibility index (Phi) is 6.36. The quantitative estimate of drug-likeness (QED) is 0.602. The van der Waals surface area contributed by atoms with Crippen molar-refractivity contribution in [2.45, 2.75) is 27.3 Å². The highest BCUT2D eigenvalue weighted by atomic mass is 16.5. The van der Waals surface area contributed by atoms with Gasteiger partial charge in [-0.2, -0.15) is 5.10 Å². The van der Waals surface area contributed by atoms with E-state index in [4.69, 9.17) is 9.73 Å². The molecular weight excluding hydrogens is 370 g/mol. The van der Waals surface area contributed by atoms with E-state index < -0.39 is 0 Å². The number of hydrogen-bond acceptors (Lipinski definition) is 5. The van der Waals surface area contributed by atoms with Gasteiger partial charge in [-0.3, -0.25) is 14.5 Å². The smallest absolute Gasteiger partial charge is 0.246 e. The Morgan fingerprint density at radius 1 is 1.31 bits per heavy atom. The summed E-state index contributed by atoms with van der Waals surface area (Å²) in [6.07, 6.45) is 5.37. The monoisotopic (exact) mass is 399 g/mol. The van der Waals surface area contributed by atoms with E-state index in [0.29, 0.717) is 25.6 Å². The van der Waals surface area contributed by atoms with Gasteiger partial charge in [0.2, 0.25) is 5.91 Å². The number of pyridine rings is 1. The highest BCUT2D eigenvalue weighted by Gasteiger charge is 2.27. The molecule has 0 atom stereocenters. The minimum Gasteiger partial charge on any atom is -0.496 e. The van der Waals surface area contributed by atoms with E-state index >= 15 is 0 Å². The van der Waals surface area contributed by atoms with E-state index in [9.17, 15) is 4.79 Å². The maximum Gasteiger partial charge on any atom is 0.246 e. The van der Waals surface area contributed by atoms with Crippen molar-refractivity contribution < 1.29 is 9.53 Å². The molecule has 1 aliphatic rings. The van der Waals surface area contributed by atoms with Crippen LogP contribution in [0.2, 0.25) is 0 Å². The molecule has 1 N–H and O–H groups in total. The summed E-state index contributed by atoms with van der Waals surface area (Å²) in [6, 6.07) is 0. The van der Waals surface area contributed by atoms with Crippen molar-refractivity contribution in [2.24, 2.45) is 12.0 Å². The van der Waals surface area contributed by atoms with Gasteiger partial charge in [-0.15, -0.1) is 0 Å². The van der Waals surface area contributed by atoms with Gasteiger partial charge < -0.3 is 19.9 Å². The summed E-state index contributed by atoms with van der Waals surface area (Å²) < 4.78 is 7.19. The number of anilines is 1. The number of nitrogens with zero attached hydrogens (tertiary/aromatic N) is 6. The van der Waals surface area contributed by atoms with Crippen LogP contribution in [-0.4, -0.2) is 64.8 Å². The molecule has 1 aliphatic heterocycles. The average molecular weight is 399 g/mol. The van der Waals surface area contributed by atoms with Crippen LogP contribution in [0.1, 0.15) is 23.7 Å². The van der Waals surface area contributed by atoms with Crippen molar-refractivity contribution in [3.8, 4) is 5.75 Å². The number of carbonyl (C=O) groups excluding carboxylic acids is 1. The zero-order valence-corrected chi connectivity index (χ0v) is 17.8. The molecule has 0 radical (unpaired) electrons. The molecular formula is C20H29N7O2. The summed E-state index contributed by atoms with van der Waals surface area (Å²) in [5, 5.41) is 7.45. The van der Waals surface area contributed by atoms with Crippen molar-refractivity contribution in [2.75, 3.05) is 38.2 Å². The lowest BCUT2D eigenvalue weighted by atomic mass is 10.1. The molecule has 0 bridgehead atoms. The van der Waals surface area contributed by atoms with Gasteiger partial charge in [0.25, 0.3) is 0 Å². The van der Waals surface area contributed by atoms with Gasteiger partial charge in [-0.1, -0.05) is 0 Å². The van der Waals surface area contributed by atoms with Crippen molar-refractivity contribution in [3.63, 3.8) is 0 Å². The number of rotatable bonds is 5. The predicted molar refractivity (Wildman–Crippen MR) is 112 cm³/mol. The van der Waals surface area contributed by atoms with Crippen LogP contribution in [0.4, 0.5) is 5.69 Å². The van der Waals surface area contributed by atoms with Gasteiger partial charge in [-0.25, -0.2) is 4.99 Å². The van der Waals surface area contributed by atoms with Crippen molar-refractivity contribution in [1.29, 1.82) is 0 Å². The lowest BCUT2D eigenvalue weighted by molar-refractivity contribution is -0.120. The summed E-state index contributed by atoms with van der Waals surface area (Å²) in [5.41, 5.74) is 3.68. The van der Waals surface area contributed by atoms with Crippen LogP contribution in [0.3, 0.4) is 0 Å². The third-order valence-electron chi connectivity index (χ3n) is 4.99. The number of carbonyl (C=O) groups is 1. The molecule has 29 heavy (non-hydrogen) atoms. The largest absolute Gasteiger partial charge is 0.496 e. The number of amides is 1. The molecule has 0 aliphatic carbocycles. The second-order valence-electron chi connectivity index (χ2n) is 7.06. The Morgan fingerprint density at radius 2 is 2.10 bits per heavy atom. The maximum atomic E-state index is 12.7. The fraction of sp³-hybridized carbons (Fsp3) is 0.500. The summed E-state index contributed by atoms with van der Waals surface area (Å²) >= 11 is 0. The molecule has 0 unspecified atom stereocenters. The Labute approximate surface area is 171 Å². The van der Waals surface area contributed by atoms with Crippen molar-refractivity contribution >= 4 is 17.6 Å². The lowest BCUT2D eigenvalue weighted by Crippen LogP contribution is -2.55. The number of piperazine rings is 1. The van der Waals surface area contributed by atoms with Crippen LogP contribution in [0.5, 0.6) is 5.75 Å².